The number of nitrogens with zero attached hydrogens (tertiary/aromatic N) is 3. The van der Waals surface area contributed by atoms with Crippen molar-refractivity contribution < 1.29 is 4.79 Å². The molecule has 0 bridgehead atoms. The second-order valence-corrected chi connectivity index (χ2v) is 7.96. The number of aromatic nitrogens is 3. The minimum atomic E-state index is -0.292. The van der Waals surface area contributed by atoms with E-state index in [-0.39, 0.29) is 17.7 Å². The van der Waals surface area contributed by atoms with E-state index in [9.17, 15) is 4.79 Å². The van der Waals surface area contributed by atoms with Crippen LogP contribution < -0.4 is 5.32 Å². The van der Waals surface area contributed by atoms with E-state index in [0.717, 1.165) is 23.3 Å². The first-order valence-electron chi connectivity index (χ1n) is 8.42. The smallest absolute Gasteiger partial charge is 0.226 e. The molecule has 0 amide bonds. The van der Waals surface area contributed by atoms with Gasteiger partial charge in [0.1, 0.15) is 12.4 Å². The maximum Gasteiger partial charge on any atom is 0.226 e. The highest BCUT2D eigenvalue weighted by Crippen LogP contribution is 2.44. The zero-order valence-electron chi connectivity index (χ0n) is 13.7. The Kier molecular flexibility index (Phi) is 3.69. The second-order valence-electron chi connectivity index (χ2n) is 6.55. The molecule has 0 radical (unpaired) electrons. The van der Waals surface area contributed by atoms with Crippen molar-refractivity contribution in [3.63, 3.8) is 0 Å². The Bertz CT molecular complexity index is 1020. The lowest BCUT2D eigenvalue weighted by Gasteiger charge is -2.34. The minimum Gasteiger partial charge on any atom is -0.328 e. The van der Waals surface area contributed by atoms with Gasteiger partial charge in [0.15, 0.2) is 5.78 Å². The Labute approximate surface area is 159 Å². The van der Waals surface area contributed by atoms with Crippen molar-refractivity contribution in [1.82, 2.24) is 14.8 Å². The van der Waals surface area contributed by atoms with Crippen molar-refractivity contribution in [2.45, 2.75) is 24.8 Å². The van der Waals surface area contributed by atoms with Crippen LogP contribution in [-0.4, -0.2) is 20.5 Å². The van der Waals surface area contributed by atoms with Gasteiger partial charge in [0.25, 0.3) is 0 Å². The summed E-state index contributed by atoms with van der Waals surface area (Å²) in [6.45, 7) is 0. The van der Waals surface area contributed by atoms with Crippen LogP contribution in [0.5, 0.6) is 0 Å². The Morgan fingerprint density at radius 2 is 2.15 bits per heavy atom. The number of thiophene rings is 1. The van der Waals surface area contributed by atoms with Gasteiger partial charge in [0.05, 0.1) is 0 Å². The fourth-order valence-electron chi connectivity index (χ4n) is 3.86. The SMILES string of the molecule is O=C1C[C@@H](c2cccs2)CC2=C1[C@H](c1cccc(Cl)c1)n1ncnc1N2. The number of carbonyl (C=O) groups excluding carboxylic acids is 1. The fourth-order valence-corrected chi connectivity index (χ4v) is 4.89. The molecule has 0 fully saturated rings. The zero-order chi connectivity index (χ0) is 17.7. The van der Waals surface area contributed by atoms with Crippen molar-refractivity contribution in [2.24, 2.45) is 0 Å². The average molecular weight is 383 g/mol. The highest BCUT2D eigenvalue weighted by molar-refractivity contribution is 7.10. The highest BCUT2D eigenvalue weighted by atomic mass is 35.5. The van der Waals surface area contributed by atoms with Gasteiger partial charge in [-0.1, -0.05) is 29.8 Å². The quantitative estimate of drug-likeness (QED) is 0.713. The van der Waals surface area contributed by atoms with Crippen molar-refractivity contribution in [1.29, 1.82) is 0 Å². The summed E-state index contributed by atoms with van der Waals surface area (Å²) in [7, 11) is 0. The largest absolute Gasteiger partial charge is 0.328 e. The third kappa shape index (κ3) is 2.48. The van der Waals surface area contributed by atoms with Crippen molar-refractivity contribution in [3.05, 3.63) is 74.8 Å². The molecule has 3 heterocycles. The van der Waals surface area contributed by atoms with Crippen LogP contribution in [0.2, 0.25) is 5.02 Å². The van der Waals surface area contributed by atoms with E-state index in [2.05, 4.69) is 26.8 Å². The number of halogens is 1. The van der Waals surface area contributed by atoms with E-state index in [1.807, 2.05) is 30.3 Å². The molecule has 5 nitrogen and oxygen atoms in total. The molecule has 1 aromatic carbocycles. The molecule has 26 heavy (non-hydrogen) atoms. The summed E-state index contributed by atoms with van der Waals surface area (Å²) in [6, 6.07) is 11.5. The molecule has 2 aromatic heterocycles. The lowest BCUT2D eigenvalue weighted by Crippen LogP contribution is -2.33. The molecule has 2 atom stereocenters. The molecule has 3 aromatic rings. The zero-order valence-corrected chi connectivity index (χ0v) is 15.3. The van der Waals surface area contributed by atoms with E-state index in [1.54, 1.807) is 16.0 Å². The first-order chi connectivity index (χ1) is 12.7. The van der Waals surface area contributed by atoms with Gasteiger partial charge in [-0.2, -0.15) is 10.1 Å². The number of benzene rings is 1. The monoisotopic (exact) mass is 382 g/mol. The van der Waals surface area contributed by atoms with E-state index in [0.29, 0.717) is 17.4 Å². The van der Waals surface area contributed by atoms with Gasteiger partial charge in [-0.3, -0.25) is 4.79 Å². The number of rotatable bonds is 2. The first kappa shape index (κ1) is 15.8. The molecule has 0 spiro atoms. The van der Waals surface area contributed by atoms with E-state index in [4.69, 9.17) is 11.6 Å². The Hall–Kier alpha value is -2.44. The van der Waals surface area contributed by atoms with Crippen LogP contribution in [0.25, 0.3) is 0 Å². The van der Waals surface area contributed by atoms with Crippen molar-refractivity contribution >= 4 is 34.7 Å². The molecule has 7 heteroatoms. The normalized spacial score (nSPS) is 22.0. The number of ketones is 1. The molecule has 130 valence electrons. The predicted octanol–water partition coefficient (Wildman–Crippen LogP) is 4.41. The number of Topliss-reactive ketones (excluding diaryl/α,β-unsaturated/α-hetero) is 1. The number of fused-ring (bicyclic) bond motifs is 1. The second kappa shape index (κ2) is 6.07. The van der Waals surface area contributed by atoms with Crippen LogP contribution >= 0.6 is 22.9 Å². The summed E-state index contributed by atoms with van der Waals surface area (Å²) in [5, 5.41) is 10.4. The average Bonchev–Trinajstić information content (AvgIpc) is 3.31. The first-order valence-corrected chi connectivity index (χ1v) is 9.68. The van der Waals surface area contributed by atoms with Crippen LogP contribution in [0.1, 0.15) is 35.2 Å². The van der Waals surface area contributed by atoms with E-state index < -0.39 is 0 Å². The van der Waals surface area contributed by atoms with E-state index >= 15 is 0 Å². The van der Waals surface area contributed by atoms with Gasteiger partial charge >= 0.3 is 0 Å². The number of anilines is 1. The van der Waals surface area contributed by atoms with Crippen molar-refractivity contribution in [3.8, 4) is 0 Å². The van der Waals surface area contributed by atoms with Crippen molar-refractivity contribution in [2.75, 3.05) is 5.32 Å². The summed E-state index contributed by atoms with van der Waals surface area (Å²) in [6.07, 6.45) is 2.83. The van der Waals surface area contributed by atoms with Crippen LogP contribution in [0.3, 0.4) is 0 Å². The summed E-state index contributed by atoms with van der Waals surface area (Å²) in [5.74, 6) is 1.03. The third-order valence-corrected chi connectivity index (χ3v) is 6.24. The summed E-state index contributed by atoms with van der Waals surface area (Å²) in [5.41, 5.74) is 2.67. The predicted molar refractivity (Wildman–Crippen MR) is 102 cm³/mol. The number of hydrogen-bond acceptors (Lipinski definition) is 5. The third-order valence-electron chi connectivity index (χ3n) is 4.97. The minimum absolute atomic E-state index is 0.156. The van der Waals surface area contributed by atoms with Gasteiger partial charge in [0.2, 0.25) is 5.95 Å². The number of carbonyl (C=O) groups is 1. The molecule has 1 N–H and O–H groups in total. The van der Waals surface area contributed by atoms with Gasteiger partial charge in [-0.25, -0.2) is 4.68 Å². The lowest BCUT2D eigenvalue weighted by molar-refractivity contribution is -0.116. The molecule has 5 rings (SSSR count). The fraction of sp³-hybridized carbons (Fsp3) is 0.211. The number of hydrogen-bond donors (Lipinski definition) is 1. The molecule has 2 aliphatic rings. The topological polar surface area (TPSA) is 59.8 Å². The van der Waals surface area contributed by atoms with E-state index in [1.165, 1.54) is 11.2 Å². The summed E-state index contributed by atoms with van der Waals surface area (Å²) < 4.78 is 1.77. The molecule has 0 saturated carbocycles. The van der Waals surface area contributed by atoms with Gasteiger partial charge in [-0.15, -0.1) is 11.3 Å². The van der Waals surface area contributed by atoms with Gasteiger partial charge in [-0.05, 0) is 35.6 Å². The molecule has 0 saturated heterocycles. The molecular weight excluding hydrogens is 368 g/mol. The van der Waals surface area contributed by atoms with Gasteiger partial charge in [0, 0.05) is 33.5 Å². The van der Waals surface area contributed by atoms with Gasteiger partial charge < -0.3 is 5.32 Å². The van der Waals surface area contributed by atoms with Crippen LogP contribution in [0.4, 0.5) is 5.95 Å². The maximum absolute atomic E-state index is 13.1. The molecule has 0 unspecified atom stereocenters. The number of allylic oxidation sites excluding steroid dienone is 2. The Balaban J connectivity index is 1.63. The highest BCUT2D eigenvalue weighted by Gasteiger charge is 2.39. The van der Waals surface area contributed by atoms with Crippen LogP contribution in [0, 0.1) is 0 Å². The lowest BCUT2D eigenvalue weighted by atomic mass is 9.80. The standard InChI is InChI=1S/C19H15ClN4OS/c20-13-4-1-3-11(7-13)18-17-14(23-19-21-10-22-24(18)19)8-12(9-15(17)25)16-5-2-6-26-16/h1-7,10,12,18H,8-9H2,(H,21,22,23)/t12-,18-/m0/s1. The Morgan fingerprint density at radius 1 is 1.23 bits per heavy atom. The van der Waals surface area contributed by atoms with Crippen LogP contribution in [-0.2, 0) is 4.79 Å². The summed E-state index contributed by atoms with van der Waals surface area (Å²) >= 11 is 7.91. The number of nitrogens with one attached hydrogen (secondary N) is 1. The molecule has 1 aliphatic heterocycles. The molecule has 1 aliphatic carbocycles. The maximum atomic E-state index is 13.1. The Morgan fingerprint density at radius 3 is 2.96 bits per heavy atom. The summed E-state index contributed by atoms with van der Waals surface area (Å²) in [4.78, 5) is 18.7. The molecular formula is C19H15ClN4OS. The van der Waals surface area contributed by atoms with Crippen LogP contribution in [0.15, 0.2) is 59.4 Å².